The van der Waals surface area contributed by atoms with Crippen LogP contribution in [0, 0.1) is 11.8 Å². The molecule has 1 aliphatic carbocycles. The molecule has 1 aromatic heterocycles. The van der Waals surface area contributed by atoms with Crippen LogP contribution in [-0.2, 0) is 4.79 Å². The van der Waals surface area contributed by atoms with Crippen molar-refractivity contribution in [3.8, 4) is 5.75 Å². The molecular formula is C15H20F3N3O2. The second kappa shape index (κ2) is 7.06. The van der Waals surface area contributed by atoms with E-state index in [1.807, 2.05) is 0 Å². The Labute approximate surface area is 132 Å². The van der Waals surface area contributed by atoms with Gasteiger partial charge in [-0.25, -0.2) is 4.98 Å². The highest BCUT2D eigenvalue weighted by atomic mass is 19.4. The Kier molecular flexibility index (Phi) is 5.33. The van der Waals surface area contributed by atoms with Crippen molar-refractivity contribution in [2.45, 2.75) is 45.0 Å². The molecule has 1 amide bonds. The average Bonchev–Trinajstić information content (AvgIpc) is 2.40. The van der Waals surface area contributed by atoms with Crippen molar-refractivity contribution in [3.05, 3.63) is 18.3 Å². The number of rotatable bonds is 5. The van der Waals surface area contributed by atoms with Crippen molar-refractivity contribution in [2.24, 2.45) is 17.6 Å². The summed E-state index contributed by atoms with van der Waals surface area (Å²) >= 11 is 0. The second-order valence-corrected chi connectivity index (χ2v) is 6.02. The van der Waals surface area contributed by atoms with Gasteiger partial charge in [0.1, 0.15) is 11.6 Å². The maximum absolute atomic E-state index is 12.3. The lowest BCUT2D eigenvalue weighted by Crippen LogP contribution is -2.37. The molecule has 0 saturated heterocycles. The largest absolute Gasteiger partial charge is 0.573 e. The third-order valence-electron chi connectivity index (χ3n) is 4.01. The van der Waals surface area contributed by atoms with Crippen molar-refractivity contribution >= 4 is 11.7 Å². The Balaban J connectivity index is 2.07. The number of halogens is 3. The van der Waals surface area contributed by atoms with E-state index < -0.39 is 6.36 Å². The molecule has 3 unspecified atom stereocenters. The van der Waals surface area contributed by atoms with Crippen LogP contribution in [0.1, 0.15) is 32.6 Å². The molecule has 1 aromatic rings. The minimum atomic E-state index is -4.74. The summed E-state index contributed by atoms with van der Waals surface area (Å²) in [6.45, 7) is 2.11. The van der Waals surface area contributed by atoms with Gasteiger partial charge in [-0.2, -0.15) is 0 Å². The van der Waals surface area contributed by atoms with E-state index in [-0.39, 0.29) is 30.0 Å². The van der Waals surface area contributed by atoms with Gasteiger partial charge in [-0.05, 0) is 37.2 Å². The van der Waals surface area contributed by atoms with Gasteiger partial charge in [-0.3, -0.25) is 4.79 Å². The van der Waals surface area contributed by atoms with Gasteiger partial charge in [-0.1, -0.05) is 6.92 Å². The summed E-state index contributed by atoms with van der Waals surface area (Å²) in [7, 11) is 0. The minimum absolute atomic E-state index is 0.0465. The van der Waals surface area contributed by atoms with Crippen LogP contribution in [-0.4, -0.2) is 23.3 Å². The van der Waals surface area contributed by atoms with Crippen molar-refractivity contribution < 1.29 is 22.7 Å². The number of amides is 1. The van der Waals surface area contributed by atoms with E-state index in [1.54, 1.807) is 0 Å². The molecule has 0 spiro atoms. The molecule has 5 nitrogen and oxygen atoms in total. The zero-order valence-corrected chi connectivity index (χ0v) is 12.8. The highest BCUT2D eigenvalue weighted by Crippen LogP contribution is 2.33. The van der Waals surface area contributed by atoms with Crippen LogP contribution in [0.5, 0.6) is 5.75 Å². The number of aromatic nitrogens is 1. The topological polar surface area (TPSA) is 77.2 Å². The number of alkyl halides is 3. The molecule has 1 aliphatic rings. The quantitative estimate of drug-likeness (QED) is 0.869. The first-order chi connectivity index (χ1) is 10.7. The predicted molar refractivity (Wildman–Crippen MR) is 78.6 cm³/mol. The van der Waals surface area contributed by atoms with E-state index in [4.69, 9.17) is 5.73 Å². The molecule has 128 valence electrons. The van der Waals surface area contributed by atoms with Crippen LogP contribution in [0.2, 0.25) is 0 Å². The zero-order chi connectivity index (χ0) is 17.0. The Morgan fingerprint density at radius 2 is 2.22 bits per heavy atom. The molecule has 8 heteroatoms. The van der Waals surface area contributed by atoms with Gasteiger partial charge in [-0.15, -0.1) is 13.2 Å². The Bertz CT molecular complexity index is 551. The van der Waals surface area contributed by atoms with E-state index in [0.29, 0.717) is 11.7 Å². The maximum atomic E-state index is 12.3. The second-order valence-electron chi connectivity index (χ2n) is 6.02. The first kappa shape index (κ1) is 17.4. The summed E-state index contributed by atoms with van der Waals surface area (Å²) < 4.78 is 40.7. The molecule has 23 heavy (non-hydrogen) atoms. The van der Waals surface area contributed by atoms with Crippen LogP contribution in [0.15, 0.2) is 18.3 Å². The van der Waals surface area contributed by atoms with Gasteiger partial charge in [0, 0.05) is 24.7 Å². The van der Waals surface area contributed by atoms with E-state index in [2.05, 4.69) is 22.0 Å². The molecule has 1 saturated carbocycles. The highest BCUT2D eigenvalue weighted by molar-refractivity contribution is 5.74. The van der Waals surface area contributed by atoms with Crippen molar-refractivity contribution in [3.63, 3.8) is 0 Å². The van der Waals surface area contributed by atoms with Gasteiger partial charge in [0.25, 0.3) is 0 Å². The SMILES string of the molecule is CC1CCC(Nc2cc(OC(F)(F)F)ccn2)C(CC(N)=O)C1. The van der Waals surface area contributed by atoms with Crippen LogP contribution < -0.4 is 15.8 Å². The predicted octanol–water partition coefficient (Wildman–Crippen LogP) is 3.07. The Morgan fingerprint density at radius 1 is 1.48 bits per heavy atom. The first-order valence-corrected chi connectivity index (χ1v) is 7.49. The fourth-order valence-electron chi connectivity index (χ4n) is 3.05. The molecular weight excluding hydrogens is 311 g/mol. The number of nitrogens with one attached hydrogen (secondary N) is 1. The van der Waals surface area contributed by atoms with Gasteiger partial charge in [0.2, 0.25) is 5.91 Å². The third-order valence-corrected chi connectivity index (χ3v) is 4.01. The standard InChI is InChI=1S/C15H20F3N3O2/c1-9-2-3-12(10(6-9)7-13(19)22)21-14-8-11(4-5-20-14)23-15(16,17)18/h4-5,8-10,12H,2-3,6-7H2,1H3,(H2,19,22)(H,20,21). The number of carbonyl (C=O) groups is 1. The van der Waals surface area contributed by atoms with Crippen LogP contribution in [0.25, 0.3) is 0 Å². The number of nitrogens with two attached hydrogens (primary N) is 1. The van der Waals surface area contributed by atoms with Gasteiger partial charge in [0.05, 0.1) is 0 Å². The fourth-order valence-corrected chi connectivity index (χ4v) is 3.05. The minimum Gasteiger partial charge on any atom is -0.406 e. The molecule has 3 N–H and O–H groups in total. The molecule has 0 aliphatic heterocycles. The van der Waals surface area contributed by atoms with Gasteiger partial charge >= 0.3 is 6.36 Å². The van der Waals surface area contributed by atoms with E-state index in [0.717, 1.165) is 25.3 Å². The summed E-state index contributed by atoms with van der Waals surface area (Å²) in [4.78, 5) is 15.2. The molecule has 1 fully saturated rings. The molecule has 1 heterocycles. The number of anilines is 1. The lowest BCUT2D eigenvalue weighted by atomic mass is 9.77. The van der Waals surface area contributed by atoms with E-state index in [9.17, 15) is 18.0 Å². The normalized spacial score (nSPS) is 25.0. The van der Waals surface area contributed by atoms with Crippen LogP contribution in [0.3, 0.4) is 0 Å². The summed E-state index contributed by atoms with van der Waals surface area (Å²) in [6, 6.07) is 2.29. The van der Waals surface area contributed by atoms with Gasteiger partial charge in [0.15, 0.2) is 0 Å². The zero-order valence-electron chi connectivity index (χ0n) is 12.8. The smallest absolute Gasteiger partial charge is 0.406 e. The lowest BCUT2D eigenvalue weighted by Gasteiger charge is -2.35. The number of ether oxygens (including phenoxy) is 1. The number of primary amides is 1. The number of carbonyl (C=O) groups excluding carboxylic acids is 1. The summed E-state index contributed by atoms with van der Waals surface area (Å²) in [6.07, 6.45) is -0.609. The van der Waals surface area contributed by atoms with Gasteiger partial charge < -0.3 is 15.8 Å². The Morgan fingerprint density at radius 3 is 2.87 bits per heavy atom. The Hall–Kier alpha value is -1.99. The third kappa shape index (κ3) is 5.61. The molecule has 0 aromatic carbocycles. The maximum Gasteiger partial charge on any atom is 0.573 e. The lowest BCUT2D eigenvalue weighted by molar-refractivity contribution is -0.274. The van der Waals surface area contributed by atoms with E-state index >= 15 is 0 Å². The van der Waals surface area contributed by atoms with E-state index in [1.165, 1.54) is 12.3 Å². The number of hydrogen-bond donors (Lipinski definition) is 2. The highest BCUT2D eigenvalue weighted by Gasteiger charge is 2.32. The monoisotopic (exact) mass is 331 g/mol. The number of nitrogens with zero attached hydrogens (tertiary/aromatic N) is 1. The first-order valence-electron chi connectivity index (χ1n) is 7.49. The summed E-state index contributed by atoms with van der Waals surface area (Å²) in [5.41, 5.74) is 5.29. The summed E-state index contributed by atoms with van der Waals surface area (Å²) in [5, 5.41) is 3.12. The molecule has 2 rings (SSSR count). The fraction of sp³-hybridized carbons (Fsp3) is 0.600. The van der Waals surface area contributed by atoms with Crippen LogP contribution in [0.4, 0.5) is 19.0 Å². The molecule has 3 atom stereocenters. The number of hydrogen-bond acceptors (Lipinski definition) is 4. The molecule has 0 bridgehead atoms. The molecule has 0 radical (unpaired) electrons. The average molecular weight is 331 g/mol. The van der Waals surface area contributed by atoms with Crippen LogP contribution >= 0.6 is 0 Å². The summed E-state index contributed by atoms with van der Waals surface area (Å²) in [5.74, 6) is 0.125. The van der Waals surface area contributed by atoms with Crippen molar-refractivity contribution in [1.82, 2.24) is 4.98 Å². The van der Waals surface area contributed by atoms with Crippen molar-refractivity contribution in [2.75, 3.05) is 5.32 Å². The number of pyridine rings is 1. The van der Waals surface area contributed by atoms with Crippen molar-refractivity contribution in [1.29, 1.82) is 0 Å².